The fraction of sp³-hybridized carbons (Fsp3) is 0.682. The van der Waals surface area contributed by atoms with E-state index in [1.807, 2.05) is 18.0 Å². The second kappa shape index (κ2) is 9.11. The number of ether oxygens (including phenoxy) is 2. The third kappa shape index (κ3) is 4.75. The zero-order valence-electron chi connectivity index (χ0n) is 17.0. The van der Waals surface area contributed by atoms with Gasteiger partial charge in [0.1, 0.15) is 0 Å². The van der Waals surface area contributed by atoms with Crippen molar-refractivity contribution in [3.63, 3.8) is 0 Å². The Morgan fingerprint density at radius 3 is 2.59 bits per heavy atom. The van der Waals surface area contributed by atoms with Crippen molar-refractivity contribution in [1.29, 1.82) is 0 Å². The van der Waals surface area contributed by atoms with Crippen LogP contribution >= 0.6 is 23.2 Å². The van der Waals surface area contributed by atoms with Gasteiger partial charge in [-0.25, -0.2) is 0 Å². The Bertz CT molecular complexity index is 733. The van der Waals surface area contributed by atoms with Crippen molar-refractivity contribution < 1.29 is 14.3 Å². The van der Waals surface area contributed by atoms with Gasteiger partial charge in [-0.15, -0.1) is 0 Å². The van der Waals surface area contributed by atoms with Crippen LogP contribution in [0.4, 0.5) is 0 Å². The van der Waals surface area contributed by atoms with Crippen LogP contribution in [0.15, 0.2) is 18.2 Å². The van der Waals surface area contributed by atoms with Gasteiger partial charge in [-0.1, -0.05) is 35.7 Å². The quantitative estimate of drug-likeness (QED) is 0.704. The van der Waals surface area contributed by atoms with Crippen LogP contribution in [0.25, 0.3) is 0 Å². The lowest BCUT2D eigenvalue weighted by atomic mass is 9.83. The smallest absolute Gasteiger partial charge is 0.227 e. The molecule has 0 bridgehead atoms. The number of nitrogens with zero attached hydrogens (tertiary/aromatic N) is 2. The minimum absolute atomic E-state index is 0.0789. The van der Waals surface area contributed by atoms with Crippen LogP contribution in [0.3, 0.4) is 0 Å². The summed E-state index contributed by atoms with van der Waals surface area (Å²) in [5, 5.41) is 0.987. The normalized spacial score (nSPS) is 27.3. The van der Waals surface area contributed by atoms with E-state index in [0.29, 0.717) is 35.7 Å². The second-order valence-electron chi connectivity index (χ2n) is 8.51. The first-order chi connectivity index (χ1) is 14.0. The van der Waals surface area contributed by atoms with Gasteiger partial charge in [0.2, 0.25) is 5.91 Å². The average Bonchev–Trinajstić information content (AvgIpc) is 3.18. The van der Waals surface area contributed by atoms with Gasteiger partial charge >= 0.3 is 0 Å². The number of amides is 1. The maximum absolute atomic E-state index is 13.2. The first-order valence-corrected chi connectivity index (χ1v) is 11.4. The Morgan fingerprint density at radius 2 is 1.90 bits per heavy atom. The predicted molar refractivity (Wildman–Crippen MR) is 114 cm³/mol. The van der Waals surface area contributed by atoms with Gasteiger partial charge in [0, 0.05) is 25.9 Å². The number of halogens is 2. The molecule has 0 aromatic heterocycles. The van der Waals surface area contributed by atoms with E-state index in [9.17, 15) is 4.79 Å². The van der Waals surface area contributed by atoms with Crippen LogP contribution in [-0.4, -0.2) is 66.9 Å². The molecule has 160 valence electrons. The zero-order chi connectivity index (χ0) is 20.4. The maximum Gasteiger partial charge on any atom is 0.227 e. The highest BCUT2D eigenvalue weighted by atomic mass is 35.5. The van der Waals surface area contributed by atoms with E-state index in [1.165, 1.54) is 19.3 Å². The third-order valence-electron chi connectivity index (χ3n) is 6.69. The first kappa shape index (κ1) is 21.4. The van der Waals surface area contributed by atoms with Crippen molar-refractivity contribution in [1.82, 2.24) is 9.80 Å². The lowest BCUT2D eigenvalue weighted by Crippen LogP contribution is -2.60. The molecule has 5 nitrogen and oxygen atoms in total. The van der Waals surface area contributed by atoms with Gasteiger partial charge in [0.05, 0.1) is 35.7 Å². The number of rotatable bonds is 4. The molecule has 0 N–H and O–H groups in total. The highest BCUT2D eigenvalue weighted by molar-refractivity contribution is 6.42. The van der Waals surface area contributed by atoms with Crippen LogP contribution < -0.4 is 0 Å². The standard InChI is InChI=1S/C22H30Cl2N2O3/c1-25(21(27)14-16-5-6-17(23)18(24)13-16)20-15-22(28-11-12-29-22)8-7-19(20)26-9-3-2-4-10-26/h5-6,13,19-20H,2-4,7-12,14-15H2,1H3/t19-,20-/m1/s1. The average molecular weight is 441 g/mol. The van der Waals surface area contributed by atoms with Crippen molar-refractivity contribution in [3.8, 4) is 0 Å². The van der Waals surface area contributed by atoms with Crippen molar-refractivity contribution in [2.24, 2.45) is 0 Å². The molecule has 29 heavy (non-hydrogen) atoms. The highest BCUT2D eigenvalue weighted by Gasteiger charge is 2.48. The number of piperidine rings is 1. The Balaban J connectivity index is 1.51. The van der Waals surface area contributed by atoms with Gasteiger partial charge in [0.25, 0.3) is 0 Å². The van der Waals surface area contributed by atoms with Gasteiger partial charge in [-0.2, -0.15) is 0 Å². The van der Waals surface area contributed by atoms with E-state index < -0.39 is 5.79 Å². The summed E-state index contributed by atoms with van der Waals surface area (Å²) >= 11 is 12.2. The molecule has 0 unspecified atom stereocenters. The second-order valence-corrected chi connectivity index (χ2v) is 9.33. The Labute approximate surface area is 183 Å². The molecular formula is C22H30Cl2N2O3. The molecule has 0 radical (unpaired) electrons. The molecule has 7 heteroatoms. The van der Waals surface area contributed by atoms with Gasteiger partial charge < -0.3 is 14.4 Å². The third-order valence-corrected chi connectivity index (χ3v) is 7.43. The molecule has 1 amide bonds. The molecule has 2 atom stereocenters. The number of likely N-dealkylation sites (N-methyl/N-ethyl adjacent to an activating group) is 1. The van der Waals surface area contributed by atoms with Crippen molar-refractivity contribution in [3.05, 3.63) is 33.8 Å². The fourth-order valence-corrected chi connectivity index (χ4v) is 5.40. The number of benzene rings is 1. The van der Waals surface area contributed by atoms with E-state index in [1.54, 1.807) is 12.1 Å². The van der Waals surface area contributed by atoms with Gasteiger partial charge in [0.15, 0.2) is 5.79 Å². The fourth-order valence-electron chi connectivity index (χ4n) is 5.08. The largest absolute Gasteiger partial charge is 0.347 e. The monoisotopic (exact) mass is 440 g/mol. The maximum atomic E-state index is 13.2. The van der Waals surface area contributed by atoms with Crippen LogP contribution in [0.5, 0.6) is 0 Å². The molecule has 3 fully saturated rings. The number of likely N-dealkylation sites (tertiary alicyclic amines) is 1. The minimum atomic E-state index is -0.519. The molecule has 2 heterocycles. The molecule has 1 aromatic rings. The lowest BCUT2D eigenvalue weighted by molar-refractivity contribution is -0.199. The minimum Gasteiger partial charge on any atom is -0.347 e. The summed E-state index contributed by atoms with van der Waals surface area (Å²) in [6.45, 7) is 3.51. The van der Waals surface area contributed by atoms with E-state index in [-0.39, 0.29) is 11.9 Å². The molecule has 2 aliphatic heterocycles. The number of hydrogen-bond donors (Lipinski definition) is 0. The summed E-state index contributed by atoms with van der Waals surface area (Å²) < 4.78 is 12.0. The predicted octanol–water partition coefficient (Wildman–Crippen LogP) is 4.14. The van der Waals surface area contributed by atoms with E-state index in [0.717, 1.165) is 37.9 Å². The lowest BCUT2D eigenvalue weighted by Gasteiger charge is -2.49. The van der Waals surface area contributed by atoms with Crippen LogP contribution in [0.2, 0.25) is 10.0 Å². The Hall–Kier alpha value is -0.850. The number of carbonyl (C=O) groups is 1. The van der Waals surface area contributed by atoms with Crippen molar-refractivity contribution >= 4 is 29.1 Å². The van der Waals surface area contributed by atoms with Crippen LogP contribution in [0.1, 0.15) is 44.1 Å². The molecule has 1 saturated carbocycles. The molecule has 2 saturated heterocycles. The molecular weight excluding hydrogens is 411 g/mol. The number of hydrogen-bond acceptors (Lipinski definition) is 4. The highest BCUT2D eigenvalue weighted by Crippen LogP contribution is 2.40. The first-order valence-electron chi connectivity index (χ1n) is 10.7. The van der Waals surface area contributed by atoms with E-state index >= 15 is 0 Å². The van der Waals surface area contributed by atoms with E-state index in [2.05, 4.69) is 4.90 Å². The molecule has 1 aromatic carbocycles. The summed E-state index contributed by atoms with van der Waals surface area (Å²) in [7, 11) is 1.93. The van der Waals surface area contributed by atoms with Gasteiger partial charge in [-0.05, 0) is 50.0 Å². The van der Waals surface area contributed by atoms with Crippen LogP contribution in [0, 0.1) is 0 Å². The summed E-state index contributed by atoms with van der Waals surface area (Å²) in [4.78, 5) is 17.7. The summed E-state index contributed by atoms with van der Waals surface area (Å²) in [6.07, 6.45) is 6.72. The molecule has 1 spiro atoms. The van der Waals surface area contributed by atoms with Crippen LogP contribution in [-0.2, 0) is 20.7 Å². The molecule has 3 aliphatic rings. The summed E-state index contributed by atoms with van der Waals surface area (Å²) in [5.41, 5.74) is 0.879. The molecule has 4 rings (SSSR count). The Morgan fingerprint density at radius 1 is 1.17 bits per heavy atom. The number of carbonyl (C=O) groups excluding carboxylic acids is 1. The summed E-state index contributed by atoms with van der Waals surface area (Å²) in [5.74, 6) is -0.430. The van der Waals surface area contributed by atoms with E-state index in [4.69, 9.17) is 32.7 Å². The SMILES string of the molecule is CN(C(=O)Cc1ccc(Cl)c(Cl)c1)[C@@H]1CC2(CC[C@H]1N1CCCCC1)OCCO2. The molecule has 1 aliphatic carbocycles. The van der Waals surface area contributed by atoms with Crippen molar-refractivity contribution in [2.45, 2.75) is 62.8 Å². The zero-order valence-corrected chi connectivity index (χ0v) is 18.6. The Kier molecular flexibility index (Phi) is 6.72. The van der Waals surface area contributed by atoms with Crippen molar-refractivity contribution in [2.75, 3.05) is 33.4 Å². The topological polar surface area (TPSA) is 42.0 Å². The summed E-state index contributed by atoms with van der Waals surface area (Å²) in [6, 6.07) is 5.84. The van der Waals surface area contributed by atoms with Gasteiger partial charge in [-0.3, -0.25) is 9.69 Å².